The lowest BCUT2D eigenvalue weighted by Crippen LogP contribution is -2.19. The summed E-state index contributed by atoms with van der Waals surface area (Å²) in [6.45, 7) is 0. The summed E-state index contributed by atoms with van der Waals surface area (Å²) in [5, 5.41) is 0. The van der Waals surface area contributed by atoms with Crippen molar-refractivity contribution >= 4 is 28.5 Å². The lowest BCUT2D eigenvalue weighted by molar-refractivity contribution is 0.641. The highest BCUT2D eigenvalue weighted by Gasteiger charge is 1.99. The Morgan fingerprint density at radius 1 is 1.22 bits per heavy atom. The van der Waals surface area contributed by atoms with E-state index >= 15 is 0 Å². The van der Waals surface area contributed by atoms with Crippen molar-refractivity contribution in [3.63, 3.8) is 0 Å². The van der Waals surface area contributed by atoms with Gasteiger partial charge in [0, 0.05) is 14.1 Å². The van der Waals surface area contributed by atoms with Gasteiger partial charge in [0.15, 0.2) is 4.32 Å². The Hall–Kier alpha value is 0.200. The molecule has 0 amide bonds. The SMILES string of the molecule is CN(C)SC(=S)N(C)C. The van der Waals surface area contributed by atoms with E-state index in [0.29, 0.717) is 0 Å². The van der Waals surface area contributed by atoms with E-state index in [0.717, 1.165) is 4.32 Å². The fraction of sp³-hybridized carbons (Fsp3) is 0.800. The van der Waals surface area contributed by atoms with E-state index < -0.39 is 0 Å². The molecule has 0 aliphatic carbocycles. The van der Waals surface area contributed by atoms with Crippen LogP contribution in [-0.2, 0) is 0 Å². The first-order chi connectivity index (χ1) is 4.04. The molecule has 0 saturated heterocycles. The summed E-state index contributed by atoms with van der Waals surface area (Å²) in [4.78, 5) is 1.92. The molecule has 0 aliphatic heterocycles. The molecule has 0 spiro atoms. The molecule has 0 aromatic rings. The average molecular weight is 164 g/mol. The minimum Gasteiger partial charge on any atom is -0.363 e. The maximum atomic E-state index is 5.00. The molecular weight excluding hydrogens is 152 g/mol. The third-order valence-corrected chi connectivity index (χ3v) is 2.10. The van der Waals surface area contributed by atoms with Gasteiger partial charge in [0.2, 0.25) is 0 Å². The van der Waals surface area contributed by atoms with Crippen LogP contribution in [0.2, 0.25) is 0 Å². The van der Waals surface area contributed by atoms with E-state index in [9.17, 15) is 0 Å². The molecule has 0 fully saturated rings. The second-order valence-electron chi connectivity index (χ2n) is 2.06. The largest absolute Gasteiger partial charge is 0.363 e. The molecule has 0 unspecified atom stereocenters. The molecule has 0 aromatic heterocycles. The van der Waals surface area contributed by atoms with Gasteiger partial charge in [0.25, 0.3) is 0 Å². The van der Waals surface area contributed by atoms with Gasteiger partial charge in [0.1, 0.15) is 0 Å². The topological polar surface area (TPSA) is 6.48 Å². The third kappa shape index (κ3) is 4.69. The summed E-state index contributed by atoms with van der Waals surface area (Å²) >= 11 is 6.55. The van der Waals surface area contributed by atoms with Crippen LogP contribution in [0.1, 0.15) is 0 Å². The minimum absolute atomic E-state index is 0.889. The molecule has 0 saturated carbocycles. The van der Waals surface area contributed by atoms with Crippen LogP contribution >= 0.6 is 24.2 Å². The van der Waals surface area contributed by atoms with Crippen LogP contribution < -0.4 is 0 Å². The van der Waals surface area contributed by atoms with Crippen molar-refractivity contribution in [2.24, 2.45) is 0 Å². The van der Waals surface area contributed by atoms with Gasteiger partial charge >= 0.3 is 0 Å². The van der Waals surface area contributed by atoms with E-state index in [1.165, 1.54) is 0 Å². The van der Waals surface area contributed by atoms with Crippen molar-refractivity contribution in [1.82, 2.24) is 9.21 Å². The molecule has 0 heterocycles. The fourth-order valence-corrected chi connectivity index (χ4v) is 1.16. The van der Waals surface area contributed by atoms with Gasteiger partial charge in [-0.05, 0) is 26.0 Å². The summed E-state index contributed by atoms with van der Waals surface area (Å²) in [6.07, 6.45) is 0. The molecular formula is C5H12N2S2. The molecule has 9 heavy (non-hydrogen) atoms. The Morgan fingerprint density at radius 2 is 1.67 bits per heavy atom. The highest BCUT2D eigenvalue weighted by Crippen LogP contribution is 2.07. The first kappa shape index (κ1) is 9.20. The average Bonchev–Trinajstić information content (AvgIpc) is 1.63. The predicted octanol–water partition coefficient (Wildman–Crippen LogP) is 1.04. The quantitative estimate of drug-likeness (QED) is 0.422. The lowest BCUT2D eigenvalue weighted by Gasteiger charge is -2.15. The van der Waals surface area contributed by atoms with Gasteiger partial charge in [-0.1, -0.05) is 12.2 Å². The van der Waals surface area contributed by atoms with E-state index in [4.69, 9.17) is 12.2 Å². The summed E-state index contributed by atoms with van der Waals surface area (Å²) in [5.74, 6) is 0. The summed E-state index contributed by atoms with van der Waals surface area (Å²) in [5.41, 5.74) is 0. The number of hydrogen-bond donors (Lipinski definition) is 0. The first-order valence-electron chi connectivity index (χ1n) is 2.60. The van der Waals surface area contributed by atoms with Crippen molar-refractivity contribution in [1.29, 1.82) is 0 Å². The number of thiocarbonyl (C=S) groups is 1. The second kappa shape index (κ2) is 4.09. The van der Waals surface area contributed by atoms with Gasteiger partial charge in [-0.25, -0.2) is 0 Å². The van der Waals surface area contributed by atoms with Crippen molar-refractivity contribution in [3.05, 3.63) is 0 Å². The van der Waals surface area contributed by atoms with Gasteiger partial charge < -0.3 is 4.90 Å². The van der Waals surface area contributed by atoms with Crippen molar-refractivity contribution < 1.29 is 0 Å². The monoisotopic (exact) mass is 164 g/mol. The van der Waals surface area contributed by atoms with Crippen LogP contribution in [0.4, 0.5) is 0 Å². The summed E-state index contributed by atoms with van der Waals surface area (Å²) < 4.78 is 2.86. The van der Waals surface area contributed by atoms with E-state index in [-0.39, 0.29) is 0 Å². The molecule has 0 bridgehead atoms. The second-order valence-corrected chi connectivity index (χ2v) is 4.01. The lowest BCUT2D eigenvalue weighted by atomic mass is 11.0. The molecule has 0 rings (SSSR count). The molecule has 0 aromatic carbocycles. The minimum atomic E-state index is 0.889. The maximum Gasteiger partial charge on any atom is 0.151 e. The van der Waals surface area contributed by atoms with Crippen molar-refractivity contribution in [3.8, 4) is 0 Å². The highest BCUT2D eigenvalue weighted by molar-refractivity contribution is 8.21. The zero-order chi connectivity index (χ0) is 7.44. The van der Waals surface area contributed by atoms with Gasteiger partial charge in [-0.3, -0.25) is 4.31 Å². The molecule has 2 nitrogen and oxygen atoms in total. The highest BCUT2D eigenvalue weighted by atomic mass is 32.2. The third-order valence-electron chi connectivity index (χ3n) is 0.626. The van der Waals surface area contributed by atoms with E-state index in [1.54, 1.807) is 11.9 Å². The maximum absolute atomic E-state index is 5.00. The van der Waals surface area contributed by atoms with Gasteiger partial charge in [-0.2, -0.15) is 0 Å². The van der Waals surface area contributed by atoms with Crippen LogP contribution in [0, 0.1) is 0 Å². The first-order valence-corrected chi connectivity index (χ1v) is 3.78. The predicted molar refractivity (Wildman–Crippen MR) is 47.6 cm³/mol. The Kier molecular flexibility index (Phi) is 4.18. The Morgan fingerprint density at radius 3 is 1.78 bits per heavy atom. The summed E-state index contributed by atoms with van der Waals surface area (Å²) in [7, 11) is 7.83. The number of rotatable bonds is 1. The molecule has 0 radical (unpaired) electrons. The summed E-state index contributed by atoms with van der Waals surface area (Å²) in [6, 6.07) is 0. The molecule has 0 atom stereocenters. The normalized spacial score (nSPS) is 9.89. The Balaban J connectivity index is 3.51. The van der Waals surface area contributed by atoms with Crippen LogP contribution in [0.25, 0.3) is 0 Å². The van der Waals surface area contributed by atoms with Crippen LogP contribution in [-0.4, -0.2) is 41.7 Å². The molecule has 0 N–H and O–H groups in total. The van der Waals surface area contributed by atoms with Crippen LogP contribution in [0.3, 0.4) is 0 Å². The number of hydrogen-bond acceptors (Lipinski definition) is 3. The van der Waals surface area contributed by atoms with E-state index in [2.05, 4.69) is 0 Å². The Labute approximate surface area is 66.3 Å². The van der Waals surface area contributed by atoms with Crippen molar-refractivity contribution in [2.75, 3.05) is 28.2 Å². The molecule has 0 aliphatic rings. The fourth-order valence-electron chi connectivity index (χ4n) is 0.238. The molecule has 4 heteroatoms. The standard InChI is InChI=1S/C5H12N2S2/c1-6(2)5(8)9-7(3)4/h1-4H3. The van der Waals surface area contributed by atoms with Gasteiger partial charge in [-0.15, -0.1) is 0 Å². The van der Waals surface area contributed by atoms with Crippen LogP contribution in [0.15, 0.2) is 0 Å². The smallest absolute Gasteiger partial charge is 0.151 e. The van der Waals surface area contributed by atoms with E-state index in [1.807, 2.05) is 37.4 Å². The zero-order valence-electron chi connectivity index (χ0n) is 6.21. The van der Waals surface area contributed by atoms with Gasteiger partial charge in [0.05, 0.1) is 0 Å². The molecule has 54 valence electrons. The zero-order valence-corrected chi connectivity index (χ0v) is 7.84. The number of nitrogens with zero attached hydrogens (tertiary/aromatic N) is 2. The van der Waals surface area contributed by atoms with Crippen LogP contribution in [0.5, 0.6) is 0 Å². The Bertz CT molecular complexity index is 101. The van der Waals surface area contributed by atoms with Crippen molar-refractivity contribution in [2.45, 2.75) is 0 Å².